The van der Waals surface area contributed by atoms with Crippen LogP contribution in [0.15, 0.2) is 53.1 Å². The van der Waals surface area contributed by atoms with Gasteiger partial charge in [0.05, 0.1) is 6.26 Å². The molecule has 20 heavy (non-hydrogen) atoms. The maximum absolute atomic E-state index is 11.8. The molecule has 0 fully saturated rings. The molecule has 0 saturated heterocycles. The molecular weight excluding hydrogens is 258 g/mol. The Kier molecular flexibility index (Phi) is 4.55. The lowest BCUT2D eigenvalue weighted by atomic mass is 10.1. The molecule has 0 spiro atoms. The van der Waals surface area contributed by atoms with Crippen molar-refractivity contribution in [3.8, 4) is 0 Å². The number of carboxylic acid groups (broad SMARTS) is 1. The molecule has 0 aliphatic carbocycles. The van der Waals surface area contributed by atoms with E-state index < -0.39 is 12.0 Å². The Balaban J connectivity index is 1.95. The first-order valence-corrected chi connectivity index (χ1v) is 6.26. The maximum atomic E-state index is 11.8. The summed E-state index contributed by atoms with van der Waals surface area (Å²) < 4.78 is 5.12. The van der Waals surface area contributed by atoms with Crippen molar-refractivity contribution in [2.45, 2.75) is 18.9 Å². The van der Waals surface area contributed by atoms with E-state index in [-0.39, 0.29) is 12.3 Å². The molecular formula is C15H15NO4. The molecule has 0 aliphatic heterocycles. The Hall–Kier alpha value is -2.56. The average molecular weight is 273 g/mol. The maximum Gasteiger partial charge on any atom is 0.330 e. The largest absolute Gasteiger partial charge is 0.479 e. The highest BCUT2D eigenvalue weighted by atomic mass is 16.4. The molecule has 1 aromatic carbocycles. The molecule has 5 nitrogen and oxygen atoms in total. The fraction of sp³-hybridized carbons (Fsp3) is 0.200. The third-order valence-electron chi connectivity index (χ3n) is 2.86. The number of benzene rings is 1. The zero-order valence-corrected chi connectivity index (χ0v) is 10.8. The quantitative estimate of drug-likeness (QED) is 0.845. The van der Waals surface area contributed by atoms with Crippen LogP contribution in [0.1, 0.15) is 23.8 Å². The van der Waals surface area contributed by atoms with Crippen molar-refractivity contribution in [1.29, 1.82) is 0 Å². The summed E-state index contributed by atoms with van der Waals surface area (Å²) >= 11 is 0. The zero-order chi connectivity index (χ0) is 14.4. The number of hydrogen-bond donors (Lipinski definition) is 2. The van der Waals surface area contributed by atoms with Crippen LogP contribution in [-0.4, -0.2) is 17.0 Å². The molecule has 104 valence electrons. The Bertz CT molecular complexity index is 563. The van der Waals surface area contributed by atoms with Crippen LogP contribution in [0.3, 0.4) is 0 Å². The number of carbonyl (C=O) groups is 2. The number of carboxylic acids is 1. The van der Waals surface area contributed by atoms with E-state index in [4.69, 9.17) is 4.42 Å². The molecule has 1 heterocycles. The van der Waals surface area contributed by atoms with Crippen LogP contribution in [0.4, 0.5) is 0 Å². The molecule has 0 saturated carbocycles. The van der Waals surface area contributed by atoms with Crippen LogP contribution in [0.5, 0.6) is 0 Å². The lowest BCUT2D eigenvalue weighted by molar-refractivity contribution is -0.142. The van der Waals surface area contributed by atoms with Gasteiger partial charge in [0, 0.05) is 12.8 Å². The number of hydrogen-bond acceptors (Lipinski definition) is 3. The Morgan fingerprint density at radius 3 is 2.50 bits per heavy atom. The first-order valence-electron chi connectivity index (χ1n) is 6.26. The van der Waals surface area contributed by atoms with Gasteiger partial charge in [-0.25, -0.2) is 4.79 Å². The lowest BCUT2D eigenvalue weighted by Crippen LogP contribution is -2.33. The molecule has 0 unspecified atom stereocenters. The van der Waals surface area contributed by atoms with E-state index in [9.17, 15) is 14.7 Å². The molecule has 2 N–H and O–H groups in total. The van der Waals surface area contributed by atoms with Crippen molar-refractivity contribution in [3.05, 3.63) is 60.1 Å². The van der Waals surface area contributed by atoms with Gasteiger partial charge in [0.2, 0.25) is 5.91 Å². The summed E-state index contributed by atoms with van der Waals surface area (Å²) in [6.07, 6.45) is 2.17. The Morgan fingerprint density at radius 2 is 1.90 bits per heavy atom. The van der Waals surface area contributed by atoms with Crippen molar-refractivity contribution in [3.63, 3.8) is 0 Å². The zero-order valence-electron chi connectivity index (χ0n) is 10.8. The van der Waals surface area contributed by atoms with Crippen LogP contribution in [-0.2, 0) is 16.0 Å². The summed E-state index contributed by atoms with van der Waals surface area (Å²) in [5.41, 5.74) is 0.548. The molecule has 2 rings (SSSR count). The highest BCUT2D eigenvalue weighted by Gasteiger charge is 2.21. The highest BCUT2D eigenvalue weighted by Crippen LogP contribution is 2.13. The minimum atomic E-state index is -1.08. The van der Waals surface area contributed by atoms with Crippen LogP contribution in [0, 0.1) is 0 Å². The normalized spacial score (nSPS) is 11.8. The summed E-state index contributed by atoms with van der Waals surface area (Å²) in [6, 6.07) is 11.1. The number of furan rings is 1. The number of aryl methyl sites for hydroxylation is 1. The SMILES string of the molecule is O=C(CCc1ccco1)N[C@@H](C(=O)O)c1ccccc1. The van der Waals surface area contributed by atoms with E-state index >= 15 is 0 Å². The van der Waals surface area contributed by atoms with E-state index in [1.807, 2.05) is 0 Å². The summed E-state index contributed by atoms with van der Waals surface area (Å²) in [6.45, 7) is 0. The first-order chi connectivity index (χ1) is 9.66. The second-order valence-corrected chi connectivity index (χ2v) is 4.33. The molecule has 1 atom stereocenters. The summed E-state index contributed by atoms with van der Waals surface area (Å²) in [7, 11) is 0. The summed E-state index contributed by atoms with van der Waals surface area (Å²) in [5.74, 6) is -0.702. The van der Waals surface area contributed by atoms with Crippen molar-refractivity contribution >= 4 is 11.9 Å². The van der Waals surface area contributed by atoms with Gasteiger partial charge in [0.25, 0.3) is 0 Å². The number of amides is 1. The first kappa shape index (κ1) is 13.9. The third kappa shape index (κ3) is 3.71. The number of rotatable bonds is 6. The second-order valence-electron chi connectivity index (χ2n) is 4.33. The number of carbonyl (C=O) groups excluding carboxylic acids is 1. The Morgan fingerprint density at radius 1 is 1.15 bits per heavy atom. The van der Waals surface area contributed by atoms with Crippen LogP contribution >= 0.6 is 0 Å². The van der Waals surface area contributed by atoms with Gasteiger partial charge in [-0.3, -0.25) is 4.79 Å². The summed E-state index contributed by atoms with van der Waals surface area (Å²) in [5, 5.41) is 11.7. The van der Waals surface area contributed by atoms with Crippen molar-refractivity contribution in [2.24, 2.45) is 0 Å². The van der Waals surface area contributed by atoms with Gasteiger partial charge in [0.1, 0.15) is 5.76 Å². The van der Waals surface area contributed by atoms with Gasteiger partial charge >= 0.3 is 5.97 Å². The van der Waals surface area contributed by atoms with Crippen molar-refractivity contribution in [1.82, 2.24) is 5.32 Å². The van der Waals surface area contributed by atoms with E-state index in [1.165, 1.54) is 6.26 Å². The average Bonchev–Trinajstić information content (AvgIpc) is 2.96. The highest BCUT2D eigenvalue weighted by molar-refractivity contribution is 5.84. The summed E-state index contributed by atoms with van der Waals surface area (Å²) in [4.78, 5) is 23.0. The van der Waals surface area contributed by atoms with E-state index in [2.05, 4.69) is 5.32 Å². The smallest absolute Gasteiger partial charge is 0.330 e. The molecule has 2 aromatic rings. The Labute approximate surface area is 116 Å². The predicted octanol–water partition coefficient (Wildman–Crippen LogP) is 2.15. The molecule has 0 aliphatic rings. The minimum absolute atomic E-state index is 0.185. The van der Waals surface area contributed by atoms with Gasteiger partial charge in [-0.1, -0.05) is 30.3 Å². The molecule has 0 bridgehead atoms. The number of aliphatic carboxylic acids is 1. The predicted molar refractivity (Wildman–Crippen MR) is 72.0 cm³/mol. The van der Waals surface area contributed by atoms with E-state index in [1.54, 1.807) is 42.5 Å². The minimum Gasteiger partial charge on any atom is -0.479 e. The molecule has 1 amide bonds. The number of nitrogens with one attached hydrogen (secondary N) is 1. The second kappa shape index (κ2) is 6.56. The van der Waals surface area contributed by atoms with Gasteiger partial charge in [-0.2, -0.15) is 0 Å². The topological polar surface area (TPSA) is 79.5 Å². The van der Waals surface area contributed by atoms with Crippen LogP contribution in [0.25, 0.3) is 0 Å². The fourth-order valence-corrected chi connectivity index (χ4v) is 1.86. The van der Waals surface area contributed by atoms with E-state index in [0.717, 1.165) is 0 Å². The van der Waals surface area contributed by atoms with Crippen LogP contribution < -0.4 is 5.32 Å². The molecule has 1 aromatic heterocycles. The van der Waals surface area contributed by atoms with Crippen LogP contribution in [0.2, 0.25) is 0 Å². The molecule has 5 heteroatoms. The van der Waals surface area contributed by atoms with Gasteiger partial charge in [-0.15, -0.1) is 0 Å². The van der Waals surface area contributed by atoms with Crippen molar-refractivity contribution < 1.29 is 19.1 Å². The third-order valence-corrected chi connectivity index (χ3v) is 2.86. The lowest BCUT2D eigenvalue weighted by Gasteiger charge is -2.14. The van der Waals surface area contributed by atoms with Gasteiger partial charge in [0.15, 0.2) is 6.04 Å². The van der Waals surface area contributed by atoms with Crippen molar-refractivity contribution in [2.75, 3.05) is 0 Å². The van der Waals surface area contributed by atoms with Gasteiger partial charge in [-0.05, 0) is 17.7 Å². The molecule has 0 radical (unpaired) electrons. The standard InChI is InChI=1S/C15H15NO4/c17-13(9-8-12-7-4-10-20-12)16-14(15(18)19)11-5-2-1-3-6-11/h1-7,10,14H,8-9H2,(H,16,17)(H,18,19)/t14-/m1/s1. The van der Waals surface area contributed by atoms with E-state index in [0.29, 0.717) is 17.7 Å². The fourth-order valence-electron chi connectivity index (χ4n) is 1.86. The monoisotopic (exact) mass is 273 g/mol. The van der Waals surface area contributed by atoms with Gasteiger partial charge < -0.3 is 14.8 Å².